The first kappa shape index (κ1) is 17.0. The minimum absolute atomic E-state index is 0.0289. The molecule has 4 rings (SSSR count). The van der Waals surface area contributed by atoms with Crippen LogP contribution in [0, 0.1) is 6.92 Å². The van der Waals surface area contributed by atoms with Crippen molar-refractivity contribution in [3.05, 3.63) is 28.8 Å². The number of fused-ring (bicyclic) bond motifs is 3. The van der Waals surface area contributed by atoms with Gasteiger partial charge in [-0.05, 0) is 37.5 Å². The van der Waals surface area contributed by atoms with Crippen molar-refractivity contribution < 1.29 is 9.52 Å². The molecule has 0 spiro atoms. The Morgan fingerprint density at radius 1 is 1.35 bits per heavy atom. The highest BCUT2D eigenvalue weighted by atomic mass is 32.1. The highest BCUT2D eigenvalue weighted by Gasteiger charge is 2.21. The zero-order chi connectivity index (χ0) is 18.3. The zero-order valence-corrected chi connectivity index (χ0v) is 15.8. The number of rotatable bonds is 6. The summed E-state index contributed by atoms with van der Waals surface area (Å²) in [6, 6.07) is 3.57. The van der Waals surface area contributed by atoms with E-state index in [0.29, 0.717) is 17.5 Å². The molecule has 1 atom stereocenters. The molecule has 4 aromatic rings. The van der Waals surface area contributed by atoms with Crippen LogP contribution >= 0.6 is 11.3 Å². The van der Waals surface area contributed by atoms with E-state index in [1.165, 1.54) is 10.4 Å². The number of hydrogen-bond acceptors (Lipinski definition) is 7. The Bertz CT molecular complexity index is 1050. The van der Waals surface area contributed by atoms with Crippen molar-refractivity contribution in [3.63, 3.8) is 0 Å². The van der Waals surface area contributed by atoms with Gasteiger partial charge in [0.2, 0.25) is 11.8 Å². The second-order valence-electron chi connectivity index (χ2n) is 6.19. The maximum Gasteiger partial charge on any atom is 0.227 e. The van der Waals surface area contributed by atoms with Crippen LogP contribution in [0.1, 0.15) is 30.7 Å². The Balaban J connectivity index is 2.00. The van der Waals surface area contributed by atoms with Crippen LogP contribution < -0.4 is 5.32 Å². The molecule has 136 valence electrons. The van der Waals surface area contributed by atoms with Crippen molar-refractivity contribution in [1.29, 1.82) is 0 Å². The average molecular weight is 371 g/mol. The maximum atomic E-state index is 9.57. The Kier molecular flexibility index (Phi) is 4.37. The highest BCUT2D eigenvalue weighted by Crippen LogP contribution is 2.34. The number of furan rings is 1. The second kappa shape index (κ2) is 6.69. The summed E-state index contributed by atoms with van der Waals surface area (Å²) in [7, 11) is 0. The molecule has 8 heteroatoms. The largest absolute Gasteiger partial charge is 0.461 e. The Morgan fingerprint density at radius 2 is 2.19 bits per heavy atom. The van der Waals surface area contributed by atoms with Gasteiger partial charge in [0.1, 0.15) is 4.83 Å². The summed E-state index contributed by atoms with van der Waals surface area (Å²) in [4.78, 5) is 11.7. The molecule has 26 heavy (non-hydrogen) atoms. The van der Waals surface area contributed by atoms with Crippen LogP contribution in [0.2, 0.25) is 0 Å². The normalized spacial score (nSPS) is 12.9. The number of hydrogen-bond donors (Lipinski definition) is 2. The van der Waals surface area contributed by atoms with Gasteiger partial charge in [-0.3, -0.25) is 0 Å². The number of thiophene rings is 1. The van der Waals surface area contributed by atoms with E-state index in [4.69, 9.17) is 14.4 Å². The fraction of sp³-hybridized carbons (Fsp3) is 0.389. The number of aliphatic hydroxyl groups excluding tert-OH is 1. The lowest BCUT2D eigenvalue weighted by molar-refractivity contribution is 0.271. The lowest BCUT2D eigenvalue weighted by Crippen LogP contribution is -2.25. The SMILES string of the molecule is CCc1c(C)sc2nc(N[C@H](CC)CO)n3nc(-c4ccco4)nc3c12. The Labute approximate surface area is 154 Å². The van der Waals surface area contributed by atoms with E-state index >= 15 is 0 Å². The molecule has 0 radical (unpaired) electrons. The number of aliphatic hydroxyl groups is 1. The van der Waals surface area contributed by atoms with Gasteiger partial charge in [-0.1, -0.05) is 13.8 Å². The monoisotopic (exact) mass is 371 g/mol. The molecule has 2 N–H and O–H groups in total. The summed E-state index contributed by atoms with van der Waals surface area (Å²) < 4.78 is 7.20. The smallest absolute Gasteiger partial charge is 0.227 e. The Hall–Kier alpha value is -2.45. The third-order valence-corrected chi connectivity index (χ3v) is 5.61. The average Bonchev–Trinajstić information content (AvgIpc) is 3.36. The van der Waals surface area contributed by atoms with Gasteiger partial charge in [-0.15, -0.1) is 16.4 Å². The first-order chi connectivity index (χ1) is 12.7. The van der Waals surface area contributed by atoms with Crippen LogP contribution in [-0.4, -0.2) is 37.3 Å². The van der Waals surface area contributed by atoms with E-state index in [1.54, 1.807) is 22.1 Å². The van der Waals surface area contributed by atoms with Gasteiger partial charge in [0.15, 0.2) is 11.4 Å². The maximum absolute atomic E-state index is 9.57. The summed E-state index contributed by atoms with van der Waals surface area (Å²) in [5.41, 5.74) is 2.01. The molecule has 0 aliphatic rings. The fourth-order valence-electron chi connectivity index (χ4n) is 3.13. The molecule has 0 bridgehead atoms. The van der Waals surface area contributed by atoms with E-state index in [0.717, 1.165) is 28.7 Å². The second-order valence-corrected chi connectivity index (χ2v) is 7.39. The van der Waals surface area contributed by atoms with Crippen molar-refractivity contribution in [3.8, 4) is 11.6 Å². The quantitative estimate of drug-likeness (QED) is 0.538. The third kappa shape index (κ3) is 2.65. The van der Waals surface area contributed by atoms with E-state index in [9.17, 15) is 5.11 Å². The molecule has 0 aliphatic heterocycles. The number of aromatic nitrogens is 4. The highest BCUT2D eigenvalue weighted by molar-refractivity contribution is 7.18. The van der Waals surface area contributed by atoms with Crippen LogP contribution in [0.15, 0.2) is 22.8 Å². The molecule has 7 nitrogen and oxygen atoms in total. The standard InChI is InChI=1S/C18H21N5O2S/c1-4-11(9-24)19-18-21-17-14(12(5-2)10(3)26-17)16-20-15(22-23(16)18)13-7-6-8-25-13/h6-8,11,24H,4-5,9H2,1-3H3,(H,19,21)/t11-/m1/s1. The van der Waals surface area contributed by atoms with Crippen LogP contribution in [-0.2, 0) is 6.42 Å². The van der Waals surface area contributed by atoms with E-state index in [-0.39, 0.29) is 12.6 Å². The molecular weight excluding hydrogens is 350 g/mol. The zero-order valence-electron chi connectivity index (χ0n) is 15.0. The lowest BCUT2D eigenvalue weighted by atomic mass is 10.1. The van der Waals surface area contributed by atoms with Crippen LogP contribution in [0.5, 0.6) is 0 Å². The van der Waals surface area contributed by atoms with Crippen molar-refractivity contribution in [1.82, 2.24) is 19.6 Å². The number of nitrogens with one attached hydrogen (secondary N) is 1. The summed E-state index contributed by atoms with van der Waals surface area (Å²) in [6.45, 7) is 6.30. The number of aryl methyl sites for hydroxylation is 2. The van der Waals surface area contributed by atoms with Gasteiger partial charge < -0.3 is 14.8 Å². The molecule has 0 amide bonds. The minimum Gasteiger partial charge on any atom is -0.461 e. The van der Waals surface area contributed by atoms with Crippen molar-refractivity contribution in [2.24, 2.45) is 0 Å². The van der Waals surface area contributed by atoms with Crippen LogP contribution in [0.25, 0.3) is 27.4 Å². The van der Waals surface area contributed by atoms with Crippen molar-refractivity contribution in [2.45, 2.75) is 39.7 Å². The first-order valence-corrected chi connectivity index (χ1v) is 9.57. The van der Waals surface area contributed by atoms with E-state index < -0.39 is 0 Å². The van der Waals surface area contributed by atoms with Gasteiger partial charge in [0, 0.05) is 4.88 Å². The van der Waals surface area contributed by atoms with Gasteiger partial charge in [-0.2, -0.15) is 4.52 Å². The third-order valence-electron chi connectivity index (χ3n) is 4.57. The van der Waals surface area contributed by atoms with Gasteiger partial charge in [0.05, 0.1) is 24.3 Å². The molecule has 0 unspecified atom stereocenters. The predicted octanol–water partition coefficient (Wildman–Crippen LogP) is 3.65. The van der Waals surface area contributed by atoms with Gasteiger partial charge in [0.25, 0.3) is 0 Å². The molecule has 0 aliphatic carbocycles. The van der Waals surface area contributed by atoms with Crippen molar-refractivity contribution in [2.75, 3.05) is 11.9 Å². The molecule has 0 saturated carbocycles. The van der Waals surface area contributed by atoms with Crippen molar-refractivity contribution >= 4 is 33.1 Å². The van der Waals surface area contributed by atoms with E-state index in [1.807, 2.05) is 19.1 Å². The topological polar surface area (TPSA) is 88.5 Å². The molecule has 0 aromatic carbocycles. The minimum atomic E-state index is -0.0916. The molecule has 0 saturated heterocycles. The van der Waals surface area contributed by atoms with E-state index in [2.05, 4.69) is 24.3 Å². The summed E-state index contributed by atoms with van der Waals surface area (Å²) in [5, 5.41) is 18.5. The first-order valence-electron chi connectivity index (χ1n) is 8.76. The molecule has 4 aromatic heterocycles. The fourth-order valence-corrected chi connectivity index (χ4v) is 4.23. The molecular formula is C18H21N5O2S. The number of anilines is 1. The summed E-state index contributed by atoms with van der Waals surface area (Å²) >= 11 is 1.66. The van der Waals surface area contributed by atoms with Crippen LogP contribution in [0.3, 0.4) is 0 Å². The molecule has 4 heterocycles. The van der Waals surface area contributed by atoms with Crippen LogP contribution in [0.4, 0.5) is 5.95 Å². The Morgan fingerprint density at radius 3 is 2.85 bits per heavy atom. The van der Waals surface area contributed by atoms with Gasteiger partial charge in [-0.25, -0.2) is 9.97 Å². The van der Waals surface area contributed by atoms with Gasteiger partial charge >= 0.3 is 0 Å². The molecule has 0 fully saturated rings. The predicted molar refractivity (Wildman–Crippen MR) is 103 cm³/mol. The summed E-state index contributed by atoms with van der Waals surface area (Å²) in [6.07, 6.45) is 3.30. The summed E-state index contributed by atoms with van der Waals surface area (Å²) in [5.74, 6) is 1.73. The number of nitrogens with zero attached hydrogens (tertiary/aromatic N) is 4. The lowest BCUT2D eigenvalue weighted by Gasteiger charge is -2.15.